The lowest BCUT2D eigenvalue weighted by Crippen LogP contribution is -2.37. The average molecular weight is 369 g/mol. The fourth-order valence-electron chi connectivity index (χ4n) is 2.40. The number of sulfone groups is 1. The van der Waals surface area contributed by atoms with Gasteiger partial charge in [-0.25, -0.2) is 8.42 Å². The van der Waals surface area contributed by atoms with E-state index in [0.717, 1.165) is 20.8 Å². The fourth-order valence-corrected chi connectivity index (χ4v) is 4.12. The summed E-state index contributed by atoms with van der Waals surface area (Å²) in [7, 11) is -3.15. The van der Waals surface area contributed by atoms with Gasteiger partial charge in [0.15, 0.2) is 9.84 Å². The molecule has 0 spiro atoms. The Kier molecular flexibility index (Phi) is 3.62. The molecule has 21 heavy (non-hydrogen) atoms. The number of carbonyl (C=O) groups excluding carboxylic acids is 1. The highest BCUT2D eigenvalue weighted by atomic mass is 79.9. The van der Waals surface area contributed by atoms with E-state index in [4.69, 9.17) is 0 Å². The second kappa shape index (κ2) is 5.31. The van der Waals surface area contributed by atoms with Crippen molar-refractivity contribution in [1.82, 2.24) is 9.88 Å². The molecule has 0 unspecified atom stereocenters. The van der Waals surface area contributed by atoms with Gasteiger partial charge in [-0.15, -0.1) is 0 Å². The summed E-state index contributed by atoms with van der Waals surface area (Å²) in [5, 5.41) is 4.90. The van der Waals surface area contributed by atoms with Crippen molar-refractivity contribution in [2.24, 2.45) is 0 Å². The van der Waals surface area contributed by atoms with Crippen molar-refractivity contribution in [3.8, 4) is 0 Å². The number of carbonyl (C=O) groups is 1. The molecule has 1 aliphatic heterocycles. The van der Waals surface area contributed by atoms with Gasteiger partial charge in [0.25, 0.3) is 0 Å². The predicted molar refractivity (Wildman–Crippen MR) is 84.5 cm³/mol. The van der Waals surface area contributed by atoms with Crippen LogP contribution >= 0.6 is 15.9 Å². The van der Waals surface area contributed by atoms with Gasteiger partial charge >= 0.3 is 0 Å². The number of nitrogens with zero attached hydrogens (tertiary/aromatic N) is 1. The molecule has 2 heterocycles. The summed E-state index contributed by atoms with van der Waals surface area (Å²) in [4.78, 5) is 12.0. The van der Waals surface area contributed by atoms with Crippen molar-refractivity contribution >= 4 is 42.6 Å². The maximum atomic E-state index is 12.0. The third-order valence-corrected chi connectivity index (χ3v) is 5.44. The molecule has 110 valence electrons. The summed E-state index contributed by atoms with van der Waals surface area (Å²) in [5.74, 6) is -0.268. The van der Waals surface area contributed by atoms with Crippen molar-refractivity contribution in [2.45, 2.75) is 12.6 Å². The van der Waals surface area contributed by atoms with E-state index in [0.29, 0.717) is 0 Å². The van der Waals surface area contributed by atoms with Crippen molar-refractivity contribution in [3.63, 3.8) is 0 Å². The zero-order chi connectivity index (χ0) is 15.0. The largest absolute Gasteiger partial charge is 0.347 e. The molecule has 2 aromatic rings. The van der Waals surface area contributed by atoms with E-state index in [2.05, 4.69) is 21.2 Å². The van der Waals surface area contributed by atoms with E-state index < -0.39 is 15.9 Å². The van der Waals surface area contributed by atoms with Crippen molar-refractivity contribution in [3.05, 3.63) is 46.4 Å². The van der Waals surface area contributed by atoms with Crippen LogP contribution < -0.4 is 5.32 Å². The lowest BCUT2D eigenvalue weighted by Gasteiger charge is -2.11. The molecule has 0 fully saturated rings. The number of amides is 1. The molecule has 0 aliphatic carbocycles. The molecule has 5 nitrogen and oxygen atoms in total. The van der Waals surface area contributed by atoms with Gasteiger partial charge in [0.2, 0.25) is 5.91 Å². The molecular formula is C14H13BrN2O3S. The number of aromatic nitrogens is 1. The van der Waals surface area contributed by atoms with Crippen molar-refractivity contribution < 1.29 is 13.2 Å². The number of nitrogens with one attached hydrogen (secondary N) is 1. The highest BCUT2D eigenvalue weighted by Gasteiger charge is 2.23. The fraction of sp³-hybridized carbons (Fsp3) is 0.214. The molecule has 1 atom stereocenters. The molecule has 1 aliphatic rings. The summed E-state index contributed by atoms with van der Waals surface area (Å²) in [6.07, 6.45) is 3.35. The minimum absolute atomic E-state index is 0.0588. The second-order valence-electron chi connectivity index (χ2n) is 4.95. The molecule has 1 aromatic heterocycles. The monoisotopic (exact) mass is 368 g/mol. The number of hydrogen-bond donors (Lipinski definition) is 1. The summed E-state index contributed by atoms with van der Waals surface area (Å²) < 4.78 is 25.4. The SMILES string of the molecule is O=C(Cn1ccc2c(Br)cccc21)N[C@@H]1C=CS(=O)(=O)C1. The van der Waals surface area contributed by atoms with Crippen LogP contribution in [0, 0.1) is 0 Å². The van der Waals surface area contributed by atoms with Crippen molar-refractivity contribution in [1.29, 1.82) is 0 Å². The van der Waals surface area contributed by atoms with Gasteiger partial charge in [0, 0.05) is 27.0 Å². The van der Waals surface area contributed by atoms with E-state index in [9.17, 15) is 13.2 Å². The summed E-state index contributed by atoms with van der Waals surface area (Å²) in [6.45, 7) is 0.157. The first-order valence-corrected chi connectivity index (χ1v) is 8.89. The minimum Gasteiger partial charge on any atom is -0.347 e. The topological polar surface area (TPSA) is 68.2 Å². The molecule has 0 saturated heterocycles. The molecule has 3 rings (SSSR count). The van der Waals surface area contributed by atoms with E-state index in [1.807, 2.05) is 35.0 Å². The van der Waals surface area contributed by atoms with E-state index >= 15 is 0 Å². The Labute approximate surface area is 130 Å². The van der Waals surface area contributed by atoms with Crippen LogP contribution in [0.1, 0.15) is 0 Å². The Morgan fingerprint density at radius 2 is 2.19 bits per heavy atom. The molecule has 1 N–H and O–H groups in total. The van der Waals surface area contributed by atoms with Crippen molar-refractivity contribution in [2.75, 3.05) is 5.75 Å². The minimum atomic E-state index is -3.15. The third-order valence-electron chi connectivity index (χ3n) is 3.35. The first kappa shape index (κ1) is 14.3. The third kappa shape index (κ3) is 3.03. The Morgan fingerprint density at radius 1 is 1.38 bits per heavy atom. The Hall–Kier alpha value is -1.60. The van der Waals surface area contributed by atoms with Crippen LogP contribution in [-0.2, 0) is 21.2 Å². The summed E-state index contributed by atoms with van der Waals surface area (Å²) >= 11 is 3.47. The first-order valence-electron chi connectivity index (χ1n) is 6.38. The van der Waals surface area contributed by atoms with Crippen LogP contribution in [0.25, 0.3) is 10.9 Å². The number of halogens is 1. The first-order chi connectivity index (χ1) is 9.94. The summed E-state index contributed by atoms with van der Waals surface area (Å²) in [6, 6.07) is 7.30. The van der Waals surface area contributed by atoms with Crippen LogP contribution in [0.5, 0.6) is 0 Å². The van der Waals surface area contributed by atoms with Crippen LogP contribution in [-0.4, -0.2) is 30.7 Å². The quantitative estimate of drug-likeness (QED) is 0.898. The zero-order valence-corrected chi connectivity index (χ0v) is 13.4. The smallest absolute Gasteiger partial charge is 0.240 e. The zero-order valence-electron chi connectivity index (χ0n) is 11.0. The Morgan fingerprint density at radius 3 is 2.90 bits per heavy atom. The molecule has 7 heteroatoms. The van der Waals surface area contributed by atoms with Gasteiger partial charge in [-0.1, -0.05) is 22.0 Å². The van der Waals surface area contributed by atoms with Crippen LogP contribution in [0.2, 0.25) is 0 Å². The molecule has 0 saturated carbocycles. The molecule has 0 bridgehead atoms. The Bertz CT molecular complexity index is 839. The molecule has 0 radical (unpaired) electrons. The van der Waals surface area contributed by atoms with Crippen LogP contribution in [0.4, 0.5) is 0 Å². The van der Waals surface area contributed by atoms with Gasteiger partial charge in [0.1, 0.15) is 6.54 Å². The van der Waals surface area contributed by atoms with E-state index in [1.165, 1.54) is 6.08 Å². The number of rotatable bonds is 3. The standard InChI is InChI=1S/C14H13BrN2O3S/c15-12-2-1-3-13-11(12)4-6-17(13)8-14(18)16-10-5-7-21(19,20)9-10/h1-7,10H,8-9H2,(H,16,18)/t10-/m1/s1. The normalized spacial score (nSPS) is 20.0. The predicted octanol–water partition coefficient (Wildman–Crippen LogP) is 1.83. The van der Waals surface area contributed by atoms with Crippen LogP contribution in [0.3, 0.4) is 0 Å². The maximum absolute atomic E-state index is 12.0. The van der Waals surface area contributed by atoms with Crippen LogP contribution in [0.15, 0.2) is 46.4 Å². The molecule has 1 aromatic carbocycles. The number of benzene rings is 1. The molecule has 1 amide bonds. The highest BCUT2D eigenvalue weighted by Crippen LogP contribution is 2.24. The number of fused-ring (bicyclic) bond motifs is 1. The lowest BCUT2D eigenvalue weighted by atomic mass is 10.2. The van der Waals surface area contributed by atoms with Gasteiger partial charge in [-0.2, -0.15) is 0 Å². The number of hydrogen-bond acceptors (Lipinski definition) is 3. The summed E-state index contributed by atoms with van der Waals surface area (Å²) in [5.41, 5.74) is 0.953. The van der Waals surface area contributed by atoms with E-state index in [-0.39, 0.29) is 18.2 Å². The highest BCUT2D eigenvalue weighted by molar-refractivity contribution is 9.10. The molecular weight excluding hydrogens is 356 g/mol. The van der Waals surface area contributed by atoms with Gasteiger partial charge < -0.3 is 9.88 Å². The Balaban J connectivity index is 1.73. The van der Waals surface area contributed by atoms with Gasteiger partial charge in [-0.05, 0) is 24.3 Å². The lowest BCUT2D eigenvalue weighted by molar-refractivity contribution is -0.121. The van der Waals surface area contributed by atoms with E-state index in [1.54, 1.807) is 0 Å². The van der Waals surface area contributed by atoms with Gasteiger partial charge in [-0.3, -0.25) is 4.79 Å². The maximum Gasteiger partial charge on any atom is 0.240 e. The second-order valence-corrected chi connectivity index (χ2v) is 7.73. The average Bonchev–Trinajstić information content (AvgIpc) is 2.95. The van der Waals surface area contributed by atoms with Gasteiger partial charge in [0.05, 0.1) is 11.8 Å².